The van der Waals surface area contributed by atoms with E-state index in [4.69, 9.17) is 11.6 Å². The van der Waals surface area contributed by atoms with Gasteiger partial charge in [-0.3, -0.25) is 0 Å². The van der Waals surface area contributed by atoms with Crippen LogP contribution >= 0.6 is 27.5 Å². The molecular formula is C7H8BrClN2. The Bertz CT molecular complexity index is 280. The van der Waals surface area contributed by atoms with Gasteiger partial charge >= 0.3 is 0 Å². The van der Waals surface area contributed by atoms with E-state index in [1.165, 1.54) is 0 Å². The van der Waals surface area contributed by atoms with Gasteiger partial charge in [0.25, 0.3) is 0 Å². The first-order valence-electron chi connectivity index (χ1n) is 3.08. The van der Waals surface area contributed by atoms with E-state index in [1.807, 2.05) is 7.05 Å². The van der Waals surface area contributed by atoms with Gasteiger partial charge in [-0.2, -0.15) is 0 Å². The lowest BCUT2D eigenvalue weighted by Gasteiger charge is -2.01. The highest BCUT2D eigenvalue weighted by atomic mass is 79.9. The number of hydrogen-bond acceptors (Lipinski definition) is 1. The second kappa shape index (κ2) is 3.41. The molecule has 0 aliphatic rings. The number of imidazole rings is 1. The maximum Gasteiger partial charge on any atom is 0.136 e. The number of allylic oxidation sites excluding steroid dienone is 1. The Morgan fingerprint density at radius 1 is 1.91 bits per heavy atom. The van der Waals surface area contributed by atoms with Gasteiger partial charge in [0.1, 0.15) is 11.0 Å². The molecular weight excluding hydrogens is 227 g/mol. The van der Waals surface area contributed by atoms with Crippen molar-refractivity contribution in [2.24, 2.45) is 7.05 Å². The number of hydrogen-bond donors (Lipinski definition) is 0. The zero-order valence-corrected chi connectivity index (χ0v) is 8.48. The first kappa shape index (κ1) is 8.81. The Balaban J connectivity index is 3.04. The molecule has 0 saturated carbocycles. The first-order chi connectivity index (χ1) is 5.16. The van der Waals surface area contributed by atoms with E-state index in [9.17, 15) is 0 Å². The largest absolute Gasteiger partial charge is 0.319 e. The summed E-state index contributed by atoms with van der Waals surface area (Å²) in [4.78, 5) is 4.09. The van der Waals surface area contributed by atoms with Gasteiger partial charge in [-0.15, -0.1) is 0 Å². The zero-order chi connectivity index (χ0) is 8.43. The fourth-order valence-electron chi connectivity index (χ4n) is 0.777. The Morgan fingerprint density at radius 3 is 2.91 bits per heavy atom. The summed E-state index contributed by atoms with van der Waals surface area (Å²) in [5.41, 5.74) is 0.930. The molecule has 0 fully saturated rings. The minimum atomic E-state index is 0.627. The van der Waals surface area contributed by atoms with Gasteiger partial charge in [-0.1, -0.05) is 34.1 Å². The van der Waals surface area contributed by atoms with Crippen LogP contribution in [0, 0.1) is 0 Å². The van der Waals surface area contributed by atoms with Crippen molar-refractivity contribution in [2.45, 2.75) is 0 Å². The number of aromatic nitrogens is 2. The highest BCUT2D eigenvalue weighted by Crippen LogP contribution is 2.16. The van der Waals surface area contributed by atoms with Gasteiger partial charge in [0.05, 0.1) is 6.20 Å². The van der Waals surface area contributed by atoms with Crippen LogP contribution in [0.15, 0.2) is 12.8 Å². The summed E-state index contributed by atoms with van der Waals surface area (Å²) in [6.45, 7) is 3.83. The fraction of sp³-hybridized carbons (Fsp3) is 0.286. The van der Waals surface area contributed by atoms with Crippen LogP contribution in [0.4, 0.5) is 0 Å². The zero-order valence-electron chi connectivity index (χ0n) is 6.14. The molecule has 0 N–H and O–H groups in total. The van der Waals surface area contributed by atoms with Gasteiger partial charge in [0.2, 0.25) is 0 Å². The normalized spacial score (nSPS) is 10.1. The standard InChI is InChI=1S/C7H8BrClN2/c1-5(3-8)7-10-4-6(9)11(7)2/h4H,1,3H2,2H3. The van der Waals surface area contributed by atoms with Crippen molar-refractivity contribution in [1.82, 2.24) is 9.55 Å². The predicted octanol–water partition coefficient (Wildman–Crippen LogP) is 2.48. The summed E-state index contributed by atoms with van der Waals surface area (Å²) in [5, 5.41) is 1.34. The van der Waals surface area contributed by atoms with Crippen LogP contribution in [0.25, 0.3) is 5.57 Å². The van der Waals surface area contributed by atoms with Crippen LogP contribution in [-0.4, -0.2) is 14.9 Å². The molecule has 0 spiro atoms. The van der Waals surface area contributed by atoms with Crippen molar-refractivity contribution in [3.05, 3.63) is 23.8 Å². The summed E-state index contributed by atoms with van der Waals surface area (Å²) in [6, 6.07) is 0. The molecule has 1 heterocycles. The Hall–Kier alpha value is -0.280. The molecule has 0 aromatic carbocycles. The fourth-order valence-corrected chi connectivity index (χ4v) is 1.16. The molecule has 0 radical (unpaired) electrons. The first-order valence-corrected chi connectivity index (χ1v) is 4.58. The smallest absolute Gasteiger partial charge is 0.136 e. The lowest BCUT2D eigenvalue weighted by molar-refractivity contribution is 0.891. The third-order valence-electron chi connectivity index (χ3n) is 1.41. The number of rotatable bonds is 2. The third-order valence-corrected chi connectivity index (χ3v) is 2.44. The second-order valence-corrected chi connectivity index (χ2v) is 3.15. The topological polar surface area (TPSA) is 17.8 Å². The van der Waals surface area contributed by atoms with Crippen LogP contribution in [0.2, 0.25) is 5.15 Å². The van der Waals surface area contributed by atoms with Crippen molar-refractivity contribution >= 4 is 33.1 Å². The summed E-state index contributed by atoms with van der Waals surface area (Å²) < 4.78 is 1.80. The highest BCUT2D eigenvalue weighted by Gasteiger charge is 2.05. The summed E-state index contributed by atoms with van der Waals surface area (Å²) in [7, 11) is 1.86. The molecule has 0 unspecified atom stereocenters. The van der Waals surface area contributed by atoms with Gasteiger partial charge < -0.3 is 4.57 Å². The van der Waals surface area contributed by atoms with Crippen molar-refractivity contribution < 1.29 is 0 Å². The van der Waals surface area contributed by atoms with E-state index in [0.29, 0.717) is 10.5 Å². The van der Waals surface area contributed by atoms with Crippen molar-refractivity contribution in [2.75, 3.05) is 5.33 Å². The summed E-state index contributed by atoms with van der Waals surface area (Å²) >= 11 is 9.07. The monoisotopic (exact) mass is 234 g/mol. The van der Waals surface area contributed by atoms with Gasteiger partial charge in [0, 0.05) is 12.4 Å². The molecule has 0 bridgehead atoms. The molecule has 1 aromatic rings. The van der Waals surface area contributed by atoms with Crippen LogP contribution in [0.1, 0.15) is 5.82 Å². The average Bonchev–Trinajstić information content (AvgIpc) is 2.32. The van der Waals surface area contributed by atoms with Crippen LogP contribution in [0.5, 0.6) is 0 Å². The molecule has 0 saturated heterocycles. The van der Waals surface area contributed by atoms with Crippen molar-refractivity contribution in [3.63, 3.8) is 0 Å². The molecule has 4 heteroatoms. The maximum absolute atomic E-state index is 5.77. The van der Waals surface area contributed by atoms with Gasteiger partial charge in [-0.05, 0) is 5.57 Å². The van der Waals surface area contributed by atoms with Crippen LogP contribution in [-0.2, 0) is 7.05 Å². The van der Waals surface area contributed by atoms with Crippen LogP contribution < -0.4 is 0 Å². The molecule has 2 nitrogen and oxygen atoms in total. The van der Waals surface area contributed by atoms with E-state index >= 15 is 0 Å². The number of alkyl halides is 1. The molecule has 1 aromatic heterocycles. The Kier molecular flexibility index (Phi) is 2.73. The molecule has 0 amide bonds. The van der Waals surface area contributed by atoms with Crippen molar-refractivity contribution in [1.29, 1.82) is 0 Å². The quantitative estimate of drug-likeness (QED) is 0.720. The predicted molar refractivity (Wildman–Crippen MR) is 51.0 cm³/mol. The number of nitrogens with zero attached hydrogens (tertiary/aromatic N) is 2. The molecule has 0 atom stereocenters. The molecule has 1 rings (SSSR count). The van der Waals surface area contributed by atoms with E-state index in [-0.39, 0.29) is 0 Å². The summed E-state index contributed by atoms with van der Waals surface area (Å²) in [5.74, 6) is 0.826. The molecule has 0 aliphatic carbocycles. The lowest BCUT2D eigenvalue weighted by Crippen LogP contribution is -1.96. The number of halogens is 2. The molecule has 11 heavy (non-hydrogen) atoms. The highest BCUT2D eigenvalue weighted by molar-refractivity contribution is 9.09. The average molecular weight is 236 g/mol. The van der Waals surface area contributed by atoms with Crippen molar-refractivity contribution in [3.8, 4) is 0 Å². The third kappa shape index (κ3) is 1.65. The lowest BCUT2D eigenvalue weighted by atomic mass is 10.3. The van der Waals surface area contributed by atoms with Gasteiger partial charge in [-0.25, -0.2) is 4.98 Å². The SMILES string of the molecule is C=C(CBr)c1ncc(Cl)n1C. The Morgan fingerprint density at radius 2 is 2.55 bits per heavy atom. The molecule has 0 aliphatic heterocycles. The van der Waals surface area contributed by atoms with Gasteiger partial charge in [0.15, 0.2) is 0 Å². The second-order valence-electron chi connectivity index (χ2n) is 2.20. The van der Waals surface area contributed by atoms with E-state index in [1.54, 1.807) is 10.8 Å². The van der Waals surface area contributed by atoms with E-state index < -0.39 is 0 Å². The Labute approximate surface area is 79.0 Å². The van der Waals surface area contributed by atoms with E-state index in [2.05, 4.69) is 27.5 Å². The van der Waals surface area contributed by atoms with Crippen LogP contribution in [0.3, 0.4) is 0 Å². The molecule has 60 valence electrons. The summed E-state index contributed by atoms with van der Waals surface area (Å²) in [6.07, 6.45) is 1.62. The minimum Gasteiger partial charge on any atom is -0.319 e. The minimum absolute atomic E-state index is 0.627. The maximum atomic E-state index is 5.77. The van der Waals surface area contributed by atoms with E-state index in [0.717, 1.165) is 11.4 Å².